The number of fused-ring (bicyclic) bond motifs is 4. The molecule has 35 heavy (non-hydrogen) atoms. The first kappa shape index (κ1) is 23.5. The van der Waals surface area contributed by atoms with Gasteiger partial charge in [0.2, 0.25) is 0 Å². The zero-order valence-electron chi connectivity index (χ0n) is 21.5. The highest BCUT2D eigenvalue weighted by Gasteiger charge is 2.47. The van der Waals surface area contributed by atoms with E-state index in [0.717, 1.165) is 42.8 Å². The van der Waals surface area contributed by atoms with Gasteiger partial charge in [-0.05, 0) is 82.3 Å². The topological polar surface area (TPSA) is 43.9 Å². The third-order valence-corrected chi connectivity index (χ3v) is 10.2. The molecule has 0 unspecified atom stereocenters. The summed E-state index contributed by atoms with van der Waals surface area (Å²) in [5, 5.41) is 0. The van der Waals surface area contributed by atoms with Gasteiger partial charge in [-0.25, -0.2) is 4.79 Å². The van der Waals surface area contributed by atoms with Crippen molar-refractivity contribution in [2.45, 2.75) is 108 Å². The molecule has 190 valence electrons. The Morgan fingerprint density at radius 1 is 0.800 bits per heavy atom. The van der Waals surface area contributed by atoms with Crippen molar-refractivity contribution in [3.05, 3.63) is 30.3 Å². The zero-order chi connectivity index (χ0) is 23.9. The van der Waals surface area contributed by atoms with Crippen molar-refractivity contribution >= 4 is 17.5 Å². The van der Waals surface area contributed by atoms with Gasteiger partial charge in [-0.2, -0.15) is 0 Å². The Kier molecular flexibility index (Phi) is 6.64. The fourth-order valence-electron chi connectivity index (χ4n) is 8.62. The van der Waals surface area contributed by atoms with E-state index >= 15 is 0 Å². The molecule has 7 atom stereocenters. The first-order valence-electron chi connectivity index (χ1n) is 14.5. The van der Waals surface area contributed by atoms with Crippen LogP contribution in [0.3, 0.4) is 0 Å². The molecule has 5 fully saturated rings. The molecule has 2 saturated carbocycles. The Bertz CT molecular complexity index is 893. The summed E-state index contributed by atoms with van der Waals surface area (Å²) in [7, 11) is 0. The largest absolute Gasteiger partial charge is 0.324 e. The van der Waals surface area contributed by atoms with Crippen LogP contribution in [0, 0.1) is 17.8 Å². The van der Waals surface area contributed by atoms with Gasteiger partial charge in [0.15, 0.2) is 0 Å². The molecule has 2 aliphatic carbocycles. The van der Waals surface area contributed by atoms with Crippen molar-refractivity contribution in [1.82, 2.24) is 9.80 Å². The van der Waals surface area contributed by atoms with Crippen LogP contribution in [0.25, 0.3) is 0 Å². The summed E-state index contributed by atoms with van der Waals surface area (Å²) in [6.07, 6.45) is 15.5. The number of anilines is 1. The van der Waals surface area contributed by atoms with Gasteiger partial charge in [0.1, 0.15) is 5.78 Å². The molecule has 5 nitrogen and oxygen atoms in total. The minimum Gasteiger partial charge on any atom is -0.324 e. The summed E-state index contributed by atoms with van der Waals surface area (Å²) in [4.78, 5) is 33.0. The fourth-order valence-corrected chi connectivity index (χ4v) is 8.62. The lowest BCUT2D eigenvalue weighted by molar-refractivity contribution is -0.120. The number of nitrogens with zero attached hydrogens (tertiary/aromatic N) is 3. The zero-order valence-corrected chi connectivity index (χ0v) is 21.5. The van der Waals surface area contributed by atoms with Crippen LogP contribution in [0.15, 0.2) is 30.3 Å². The molecule has 1 aromatic rings. The van der Waals surface area contributed by atoms with Crippen molar-refractivity contribution in [2.75, 3.05) is 18.0 Å². The Hall–Kier alpha value is -1.88. The molecule has 3 heterocycles. The maximum Gasteiger partial charge on any atom is 0.324 e. The third kappa shape index (κ3) is 4.65. The Morgan fingerprint density at radius 2 is 1.46 bits per heavy atom. The summed E-state index contributed by atoms with van der Waals surface area (Å²) in [6.45, 7) is 2.95. The number of urea groups is 1. The summed E-state index contributed by atoms with van der Waals surface area (Å²) in [5.41, 5.74) is 1.02. The van der Waals surface area contributed by atoms with E-state index < -0.39 is 0 Å². The second kappa shape index (κ2) is 9.88. The van der Waals surface area contributed by atoms with Crippen LogP contribution in [0.5, 0.6) is 0 Å². The number of piperidine rings is 2. The molecule has 0 aromatic heterocycles. The van der Waals surface area contributed by atoms with Crippen molar-refractivity contribution in [1.29, 1.82) is 0 Å². The molecule has 5 heteroatoms. The average molecular weight is 478 g/mol. The van der Waals surface area contributed by atoms with Crippen LogP contribution in [-0.2, 0) is 4.79 Å². The molecule has 0 spiro atoms. The molecule has 1 aromatic carbocycles. The van der Waals surface area contributed by atoms with Gasteiger partial charge in [-0.15, -0.1) is 0 Å². The first-order valence-corrected chi connectivity index (χ1v) is 14.5. The van der Waals surface area contributed by atoms with Gasteiger partial charge in [-0.1, -0.05) is 43.9 Å². The van der Waals surface area contributed by atoms with E-state index in [1.165, 1.54) is 57.8 Å². The summed E-state index contributed by atoms with van der Waals surface area (Å²) in [6, 6.07) is 12.7. The van der Waals surface area contributed by atoms with Gasteiger partial charge in [0.25, 0.3) is 0 Å². The molecular formula is C30H43N3O2. The number of carbonyl (C=O) groups is 2. The van der Waals surface area contributed by atoms with E-state index in [-0.39, 0.29) is 23.8 Å². The minimum absolute atomic E-state index is 0.00329. The highest BCUT2D eigenvalue weighted by molar-refractivity contribution is 5.93. The van der Waals surface area contributed by atoms with Gasteiger partial charge >= 0.3 is 6.03 Å². The molecule has 0 N–H and O–H groups in total. The number of hydrogen-bond donors (Lipinski definition) is 0. The molecule has 5 aliphatic rings. The van der Waals surface area contributed by atoms with E-state index in [1.54, 1.807) is 6.92 Å². The number of rotatable bonds is 4. The van der Waals surface area contributed by atoms with Crippen LogP contribution in [0.2, 0.25) is 0 Å². The maximum absolute atomic E-state index is 14.0. The number of likely N-dealkylation sites (tertiary alicyclic amines) is 1. The predicted molar refractivity (Wildman–Crippen MR) is 139 cm³/mol. The molecule has 3 aliphatic heterocycles. The van der Waals surface area contributed by atoms with Crippen molar-refractivity contribution in [3.63, 3.8) is 0 Å². The van der Waals surface area contributed by atoms with Crippen LogP contribution in [0.4, 0.5) is 10.5 Å². The van der Waals surface area contributed by atoms with Gasteiger partial charge < -0.3 is 4.90 Å². The molecule has 2 amide bonds. The predicted octanol–water partition coefficient (Wildman–Crippen LogP) is 5.88. The molecule has 4 bridgehead atoms. The lowest BCUT2D eigenvalue weighted by atomic mass is 9.68. The normalized spacial score (nSPS) is 37.2. The van der Waals surface area contributed by atoms with Gasteiger partial charge in [0.05, 0.1) is 0 Å². The number of hydrogen-bond acceptors (Lipinski definition) is 3. The number of carbonyl (C=O) groups excluding carboxylic acids is 2. The fraction of sp³-hybridized carbons (Fsp3) is 0.733. The summed E-state index contributed by atoms with van der Waals surface area (Å²) >= 11 is 0. The number of ketones is 1. The van der Waals surface area contributed by atoms with Crippen LogP contribution < -0.4 is 4.90 Å². The average Bonchev–Trinajstić information content (AvgIpc) is 3.35. The summed E-state index contributed by atoms with van der Waals surface area (Å²) < 4.78 is 0. The molecule has 0 radical (unpaired) electrons. The number of para-hydroxylation sites is 1. The molecule has 3 saturated heterocycles. The highest BCUT2D eigenvalue weighted by atomic mass is 16.2. The Morgan fingerprint density at radius 3 is 2.09 bits per heavy atom. The van der Waals surface area contributed by atoms with E-state index in [0.29, 0.717) is 25.2 Å². The van der Waals surface area contributed by atoms with E-state index in [4.69, 9.17) is 0 Å². The maximum atomic E-state index is 14.0. The lowest BCUT2D eigenvalue weighted by Crippen LogP contribution is -2.62. The van der Waals surface area contributed by atoms with Crippen molar-refractivity contribution in [2.24, 2.45) is 17.8 Å². The van der Waals surface area contributed by atoms with Crippen molar-refractivity contribution < 1.29 is 9.59 Å². The van der Waals surface area contributed by atoms with Crippen LogP contribution in [-0.4, -0.2) is 58.9 Å². The van der Waals surface area contributed by atoms with E-state index in [1.807, 2.05) is 11.0 Å². The van der Waals surface area contributed by atoms with E-state index in [9.17, 15) is 9.59 Å². The smallest absolute Gasteiger partial charge is 0.324 e. The number of Topliss-reactive ketones (excluding diaryl/α,β-unsaturated/α-hetero) is 1. The number of amides is 2. The lowest BCUT2D eigenvalue weighted by Gasteiger charge is -2.56. The third-order valence-electron chi connectivity index (χ3n) is 10.2. The van der Waals surface area contributed by atoms with Crippen LogP contribution in [0.1, 0.15) is 84.0 Å². The summed E-state index contributed by atoms with van der Waals surface area (Å²) in [5.74, 6) is 2.13. The number of benzene rings is 1. The van der Waals surface area contributed by atoms with E-state index in [2.05, 4.69) is 34.1 Å². The van der Waals surface area contributed by atoms with Gasteiger partial charge in [-0.3, -0.25) is 14.6 Å². The second-order valence-electron chi connectivity index (χ2n) is 12.4. The first-order chi connectivity index (χ1) is 17.1. The Labute approximate surface area is 211 Å². The molecular weight excluding hydrogens is 434 g/mol. The van der Waals surface area contributed by atoms with Gasteiger partial charge in [0, 0.05) is 48.9 Å². The standard InChI is InChI=1S/C30H43N3O2/c1-21(34)24-13-14-31(20-24)30(35)33(25-9-3-2-4-10-25)29-18-26-11-6-12-27(19-29)32(26)28-16-22-7-5-8-23(15-22)17-28/h2-4,9-10,22-24,26-29H,5-8,11-20H2,1H3/t22-,23+,24-,26-,27+,28+,29+/m1/s1. The molecule has 6 rings (SSSR count). The highest BCUT2D eigenvalue weighted by Crippen LogP contribution is 2.46. The Balaban J connectivity index is 1.23. The second-order valence-corrected chi connectivity index (χ2v) is 12.4. The minimum atomic E-state index is 0.00329. The quantitative estimate of drug-likeness (QED) is 0.544. The SMILES string of the molecule is CC(=O)[C@@H]1CCN(C(=O)N(c2ccccc2)[C@H]2C[C@H]3CCC[C@@H](C2)N3[C@H]2C[C@@H]3CCC[C@@H](C3)C2)C1. The van der Waals surface area contributed by atoms with Crippen molar-refractivity contribution in [3.8, 4) is 0 Å². The van der Waals surface area contributed by atoms with Crippen LogP contribution >= 0.6 is 0 Å². The monoisotopic (exact) mass is 477 g/mol.